The zero-order chi connectivity index (χ0) is 18.3. The number of likely N-dealkylation sites (N-methyl/N-ethyl adjacent to an activating group) is 1. The van der Waals surface area contributed by atoms with Crippen molar-refractivity contribution in [3.63, 3.8) is 0 Å². The Morgan fingerprint density at radius 3 is 2.12 bits per heavy atom. The van der Waals surface area contributed by atoms with Crippen molar-refractivity contribution in [3.8, 4) is 0 Å². The lowest BCUT2D eigenvalue weighted by Crippen LogP contribution is -2.48. The zero-order valence-corrected chi connectivity index (χ0v) is 16.7. The van der Waals surface area contributed by atoms with Crippen LogP contribution in [0.25, 0.3) is 0 Å². The fourth-order valence-corrected chi connectivity index (χ4v) is 3.26. The van der Waals surface area contributed by atoms with Gasteiger partial charge in [-0.2, -0.15) is 8.42 Å². The van der Waals surface area contributed by atoms with Crippen LogP contribution in [-0.4, -0.2) is 76.8 Å². The van der Waals surface area contributed by atoms with Gasteiger partial charge in [-0.15, -0.1) is 0 Å². The van der Waals surface area contributed by atoms with Gasteiger partial charge in [0.05, 0.1) is 45.7 Å². The molecule has 0 aliphatic heterocycles. The van der Waals surface area contributed by atoms with Crippen molar-refractivity contribution in [2.24, 2.45) is 0 Å². The summed E-state index contributed by atoms with van der Waals surface area (Å²) in [5.41, 5.74) is 0. The number of rotatable bonds is 17. The van der Waals surface area contributed by atoms with E-state index >= 15 is 0 Å². The molecule has 6 nitrogen and oxygen atoms in total. The van der Waals surface area contributed by atoms with Crippen LogP contribution < -0.4 is 0 Å². The van der Waals surface area contributed by atoms with E-state index in [1.807, 2.05) is 0 Å². The second kappa shape index (κ2) is 14.0. The van der Waals surface area contributed by atoms with Crippen molar-refractivity contribution in [1.29, 1.82) is 0 Å². The lowest BCUT2D eigenvalue weighted by Gasteiger charge is -2.34. The van der Waals surface area contributed by atoms with Gasteiger partial charge in [-0.25, -0.2) is 0 Å². The van der Waals surface area contributed by atoms with Crippen LogP contribution in [0.1, 0.15) is 51.9 Å². The van der Waals surface area contributed by atoms with Gasteiger partial charge >= 0.3 is 0 Å². The highest BCUT2D eigenvalue weighted by Gasteiger charge is 2.21. The van der Waals surface area contributed by atoms with Crippen molar-refractivity contribution in [2.45, 2.75) is 51.9 Å². The van der Waals surface area contributed by atoms with Crippen molar-refractivity contribution >= 4 is 10.1 Å². The molecule has 1 N–H and O–H groups in total. The Bertz CT molecular complexity index is 388. The van der Waals surface area contributed by atoms with Crippen LogP contribution in [0.2, 0.25) is 0 Å². The number of unbranched alkanes of at least 4 members (excludes halogenated alkanes) is 5. The van der Waals surface area contributed by atoms with Crippen molar-refractivity contribution in [1.82, 2.24) is 0 Å². The smallest absolute Gasteiger partial charge is 0.265 e. The molecule has 0 aliphatic rings. The lowest BCUT2D eigenvalue weighted by molar-refractivity contribution is -0.910. The molecule has 0 heterocycles. The lowest BCUT2D eigenvalue weighted by atomic mass is 10.1. The van der Waals surface area contributed by atoms with Crippen molar-refractivity contribution in [3.05, 3.63) is 0 Å². The molecule has 0 saturated heterocycles. The maximum absolute atomic E-state index is 10.9. The van der Waals surface area contributed by atoms with Crippen LogP contribution in [0.4, 0.5) is 0 Å². The van der Waals surface area contributed by atoms with Crippen LogP contribution in [0, 0.1) is 0 Å². The Hall–Kier alpha value is -0.210. The Labute approximate surface area is 148 Å². The summed E-state index contributed by atoms with van der Waals surface area (Å²) < 4.78 is 42.1. The van der Waals surface area contributed by atoms with Gasteiger partial charge in [-0.05, 0) is 12.8 Å². The predicted molar refractivity (Wildman–Crippen MR) is 97.9 cm³/mol. The monoisotopic (exact) mass is 368 g/mol. The molecule has 146 valence electrons. The minimum atomic E-state index is -3.87. The van der Waals surface area contributed by atoms with Crippen LogP contribution in [-0.2, 0) is 19.6 Å². The summed E-state index contributed by atoms with van der Waals surface area (Å²) in [5.74, 6) is -0.165. The molecule has 0 bridgehead atoms. The first-order valence-corrected chi connectivity index (χ1v) is 10.8. The molecule has 24 heavy (non-hydrogen) atoms. The summed E-state index contributed by atoms with van der Waals surface area (Å²) in [6, 6.07) is 0. The third-order valence-corrected chi connectivity index (χ3v) is 5.16. The molecule has 0 radical (unpaired) electrons. The van der Waals surface area contributed by atoms with E-state index in [1.165, 1.54) is 32.1 Å². The third-order valence-electron chi connectivity index (χ3n) is 4.36. The van der Waals surface area contributed by atoms with Crippen LogP contribution in [0.5, 0.6) is 0 Å². The standard InChI is InChI=1S/C17H37NO5S/c1-4-5-6-7-8-9-11-18(2,12-10-17-24(19,20)21)13-14-23-16-15-22-3/h4-17H2,1-3H3/p+1. The van der Waals surface area contributed by atoms with E-state index in [4.69, 9.17) is 14.0 Å². The first-order chi connectivity index (χ1) is 11.3. The highest BCUT2D eigenvalue weighted by atomic mass is 32.2. The van der Waals surface area contributed by atoms with Crippen molar-refractivity contribution < 1.29 is 26.9 Å². The van der Waals surface area contributed by atoms with E-state index in [2.05, 4.69) is 14.0 Å². The molecule has 0 aromatic rings. The summed E-state index contributed by atoms with van der Waals surface area (Å²) in [7, 11) is -0.0736. The van der Waals surface area contributed by atoms with Gasteiger partial charge in [0.25, 0.3) is 10.1 Å². The molecule has 0 fully saturated rings. The van der Waals surface area contributed by atoms with Gasteiger partial charge in [-0.3, -0.25) is 4.55 Å². The van der Waals surface area contributed by atoms with E-state index in [9.17, 15) is 8.42 Å². The summed E-state index contributed by atoms with van der Waals surface area (Å²) in [6.07, 6.45) is 7.95. The molecular weight excluding hydrogens is 330 g/mol. The Morgan fingerprint density at radius 2 is 1.50 bits per heavy atom. The minimum absolute atomic E-state index is 0.165. The number of ether oxygens (including phenoxy) is 2. The van der Waals surface area contributed by atoms with Gasteiger partial charge < -0.3 is 14.0 Å². The molecule has 0 amide bonds. The summed E-state index contributed by atoms with van der Waals surface area (Å²) >= 11 is 0. The molecule has 0 aromatic carbocycles. The molecule has 0 spiro atoms. The molecular formula is C17H38NO5S+. The average molecular weight is 369 g/mol. The number of hydrogen-bond donors (Lipinski definition) is 1. The maximum atomic E-state index is 10.9. The highest BCUT2D eigenvalue weighted by Crippen LogP contribution is 2.11. The van der Waals surface area contributed by atoms with E-state index in [0.29, 0.717) is 26.2 Å². The number of methoxy groups -OCH3 is 1. The Morgan fingerprint density at radius 1 is 0.875 bits per heavy atom. The quantitative estimate of drug-likeness (QED) is 0.243. The second-order valence-electron chi connectivity index (χ2n) is 6.80. The molecule has 7 heteroatoms. The highest BCUT2D eigenvalue weighted by molar-refractivity contribution is 7.85. The minimum Gasteiger partial charge on any atom is -0.382 e. The molecule has 0 saturated carbocycles. The molecule has 0 aromatic heterocycles. The van der Waals surface area contributed by atoms with E-state index < -0.39 is 10.1 Å². The number of quaternary nitrogens is 1. The van der Waals surface area contributed by atoms with E-state index in [1.54, 1.807) is 7.11 Å². The second-order valence-corrected chi connectivity index (χ2v) is 8.37. The molecule has 0 aliphatic carbocycles. The fourth-order valence-electron chi connectivity index (χ4n) is 2.77. The van der Waals surface area contributed by atoms with E-state index in [0.717, 1.165) is 30.5 Å². The van der Waals surface area contributed by atoms with Gasteiger partial charge in [-0.1, -0.05) is 32.6 Å². The third kappa shape index (κ3) is 15.3. The Kier molecular flexibility index (Phi) is 13.9. The first kappa shape index (κ1) is 23.8. The number of hydrogen-bond acceptors (Lipinski definition) is 4. The number of nitrogens with zero attached hydrogens (tertiary/aromatic N) is 1. The summed E-state index contributed by atoms with van der Waals surface area (Å²) in [4.78, 5) is 0. The first-order valence-electron chi connectivity index (χ1n) is 9.18. The predicted octanol–water partition coefficient (Wildman–Crippen LogP) is 2.73. The van der Waals surface area contributed by atoms with Gasteiger partial charge in [0, 0.05) is 13.5 Å². The summed E-state index contributed by atoms with van der Waals surface area (Å²) in [5, 5.41) is 0. The molecule has 1 unspecified atom stereocenters. The fraction of sp³-hybridized carbons (Fsp3) is 1.00. The zero-order valence-electron chi connectivity index (χ0n) is 15.8. The van der Waals surface area contributed by atoms with Crippen LogP contribution >= 0.6 is 0 Å². The molecule has 0 rings (SSSR count). The van der Waals surface area contributed by atoms with Crippen molar-refractivity contribution in [2.75, 3.05) is 59.4 Å². The SMILES string of the molecule is CCCCCCCC[N+](C)(CCCS(=O)(=O)O)CCOCCOC. The van der Waals surface area contributed by atoms with Gasteiger partial charge in [0.15, 0.2) is 0 Å². The van der Waals surface area contributed by atoms with Crippen LogP contribution in [0.3, 0.4) is 0 Å². The maximum Gasteiger partial charge on any atom is 0.265 e. The van der Waals surface area contributed by atoms with Gasteiger partial charge in [0.2, 0.25) is 0 Å². The largest absolute Gasteiger partial charge is 0.382 e. The van der Waals surface area contributed by atoms with Gasteiger partial charge in [0.1, 0.15) is 6.54 Å². The average Bonchev–Trinajstić information content (AvgIpc) is 2.49. The molecule has 1 atom stereocenters. The summed E-state index contributed by atoms with van der Waals surface area (Å²) in [6.45, 7) is 6.63. The normalized spacial score (nSPS) is 14.7. The van der Waals surface area contributed by atoms with E-state index in [-0.39, 0.29) is 5.75 Å². The topological polar surface area (TPSA) is 72.8 Å². The Balaban J connectivity index is 4.19. The van der Waals surface area contributed by atoms with Crippen LogP contribution in [0.15, 0.2) is 0 Å².